The Morgan fingerprint density at radius 2 is 1.88 bits per heavy atom. The zero-order valence-corrected chi connectivity index (χ0v) is 14.3. The summed E-state index contributed by atoms with van der Waals surface area (Å²) < 4.78 is 0. The molecule has 0 aliphatic heterocycles. The van der Waals surface area contributed by atoms with E-state index in [0.29, 0.717) is 5.69 Å². The van der Waals surface area contributed by atoms with Crippen molar-refractivity contribution in [3.8, 4) is 5.75 Å². The van der Waals surface area contributed by atoms with Crippen LogP contribution < -0.4 is 5.32 Å². The molecular formula is C19H18N2O2S. The Morgan fingerprint density at radius 1 is 1.17 bits per heavy atom. The zero-order chi connectivity index (χ0) is 17.1. The number of anilines is 1. The molecule has 4 nitrogen and oxygen atoms in total. The molecule has 0 saturated carbocycles. The lowest BCUT2D eigenvalue weighted by Gasteiger charge is -2.13. The van der Waals surface area contributed by atoms with Crippen molar-refractivity contribution in [3.63, 3.8) is 0 Å². The van der Waals surface area contributed by atoms with Crippen molar-refractivity contribution in [2.45, 2.75) is 24.1 Å². The summed E-state index contributed by atoms with van der Waals surface area (Å²) in [7, 11) is 0. The van der Waals surface area contributed by atoms with Crippen LogP contribution in [0.2, 0.25) is 0 Å². The number of carbonyl (C=O) groups excluding carboxylic acids is 1. The number of fused-ring (bicyclic) bond motifs is 1. The molecule has 24 heavy (non-hydrogen) atoms. The lowest BCUT2D eigenvalue weighted by molar-refractivity contribution is -0.115. The molecule has 0 aliphatic rings. The third-order valence-corrected chi connectivity index (χ3v) is 4.72. The Labute approximate surface area is 144 Å². The molecule has 0 saturated heterocycles. The van der Waals surface area contributed by atoms with Gasteiger partial charge in [0.2, 0.25) is 5.91 Å². The highest BCUT2D eigenvalue weighted by Gasteiger charge is 2.16. The Morgan fingerprint density at radius 3 is 2.62 bits per heavy atom. The van der Waals surface area contributed by atoms with Crippen LogP contribution in [0.5, 0.6) is 5.75 Å². The molecular weight excluding hydrogens is 320 g/mol. The number of pyridine rings is 1. The number of hydrogen-bond donors (Lipinski definition) is 2. The number of aromatic hydroxyl groups is 1. The Bertz CT molecular complexity index is 878. The molecule has 2 N–H and O–H groups in total. The maximum absolute atomic E-state index is 12.3. The van der Waals surface area contributed by atoms with Crippen molar-refractivity contribution < 1.29 is 9.90 Å². The number of para-hydroxylation sites is 1. The van der Waals surface area contributed by atoms with Gasteiger partial charge in [-0.15, -0.1) is 0 Å². The van der Waals surface area contributed by atoms with E-state index < -0.39 is 0 Å². The molecule has 3 rings (SSSR count). The van der Waals surface area contributed by atoms with E-state index in [-0.39, 0.29) is 16.9 Å². The third-order valence-electron chi connectivity index (χ3n) is 3.70. The van der Waals surface area contributed by atoms with Gasteiger partial charge in [-0.05, 0) is 55.8 Å². The smallest absolute Gasteiger partial charge is 0.237 e. The van der Waals surface area contributed by atoms with E-state index in [1.807, 2.05) is 37.3 Å². The summed E-state index contributed by atoms with van der Waals surface area (Å²) in [6.07, 6.45) is 0. The van der Waals surface area contributed by atoms with Crippen LogP contribution in [0.3, 0.4) is 0 Å². The molecule has 1 aromatic heterocycles. The summed E-state index contributed by atoms with van der Waals surface area (Å²) in [6.45, 7) is 3.90. The lowest BCUT2D eigenvalue weighted by Crippen LogP contribution is -2.22. The van der Waals surface area contributed by atoms with E-state index in [1.165, 1.54) is 11.8 Å². The van der Waals surface area contributed by atoms with Gasteiger partial charge in [-0.3, -0.25) is 4.79 Å². The van der Waals surface area contributed by atoms with E-state index in [0.717, 1.165) is 21.5 Å². The van der Waals surface area contributed by atoms with Crippen molar-refractivity contribution in [2.24, 2.45) is 0 Å². The number of phenols is 1. The maximum Gasteiger partial charge on any atom is 0.237 e. The Balaban J connectivity index is 1.73. The maximum atomic E-state index is 12.3. The predicted octanol–water partition coefficient (Wildman–Crippen LogP) is 4.37. The molecule has 1 unspecified atom stereocenters. The van der Waals surface area contributed by atoms with E-state index in [4.69, 9.17) is 0 Å². The van der Waals surface area contributed by atoms with E-state index >= 15 is 0 Å². The number of nitrogens with zero attached hydrogens (tertiary/aromatic N) is 1. The van der Waals surface area contributed by atoms with Gasteiger partial charge >= 0.3 is 0 Å². The van der Waals surface area contributed by atoms with Crippen molar-refractivity contribution in [3.05, 3.63) is 60.2 Å². The number of carbonyl (C=O) groups is 1. The largest absolute Gasteiger partial charge is 0.508 e. The van der Waals surface area contributed by atoms with Crippen LogP contribution in [-0.4, -0.2) is 21.2 Å². The van der Waals surface area contributed by atoms with Crippen molar-refractivity contribution in [2.75, 3.05) is 5.32 Å². The summed E-state index contributed by atoms with van der Waals surface area (Å²) in [5.41, 5.74) is 2.74. The van der Waals surface area contributed by atoms with Gasteiger partial charge < -0.3 is 10.4 Å². The number of thioether (sulfide) groups is 1. The summed E-state index contributed by atoms with van der Waals surface area (Å²) >= 11 is 1.43. The molecule has 2 aromatic carbocycles. The van der Waals surface area contributed by atoms with Crippen LogP contribution in [0.1, 0.15) is 12.5 Å². The topological polar surface area (TPSA) is 62.2 Å². The van der Waals surface area contributed by atoms with Crippen LogP contribution in [0, 0.1) is 6.92 Å². The van der Waals surface area contributed by atoms with Crippen LogP contribution in [0.15, 0.2) is 59.6 Å². The lowest BCUT2D eigenvalue weighted by atomic mass is 10.1. The average Bonchev–Trinajstić information content (AvgIpc) is 2.57. The highest BCUT2D eigenvalue weighted by atomic mass is 32.2. The first-order chi connectivity index (χ1) is 11.5. The number of amides is 1. The fraction of sp³-hybridized carbons (Fsp3) is 0.158. The molecule has 0 radical (unpaired) electrons. The summed E-state index contributed by atoms with van der Waals surface area (Å²) in [6, 6.07) is 16.4. The van der Waals surface area contributed by atoms with Crippen molar-refractivity contribution in [1.82, 2.24) is 4.98 Å². The third kappa shape index (κ3) is 3.68. The fourth-order valence-corrected chi connectivity index (χ4v) is 3.33. The second kappa shape index (κ2) is 6.93. The minimum absolute atomic E-state index is 0.0988. The van der Waals surface area contributed by atoms with Crippen LogP contribution in [0.4, 0.5) is 5.69 Å². The number of nitrogens with one attached hydrogen (secondary N) is 1. The number of aryl methyl sites for hydroxylation is 1. The van der Waals surface area contributed by atoms with Gasteiger partial charge in [-0.1, -0.05) is 30.0 Å². The molecule has 0 aliphatic carbocycles. The summed E-state index contributed by atoms with van der Waals surface area (Å²) in [4.78, 5) is 17.0. The highest BCUT2D eigenvalue weighted by Crippen LogP contribution is 2.27. The molecule has 0 spiro atoms. The van der Waals surface area contributed by atoms with Gasteiger partial charge in [0.15, 0.2) is 0 Å². The molecule has 1 amide bonds. The fourth-order valence-electron chi connectivity index (χ4n) is 2.40. The first-order valence-electron chi connectivity index (χ1n) is 7.66. The minimum atomic E-state index is -0.285. The molecule has 5 heteroatoms. The van der Waals surface area contributed by atoms with Crippen molar-refractivity contribution >= 4 is 34.3 Å². The molecule has 0 fully saturated rings. The number of aromatic nitrogens is 1. The van der Waals surface area contributed by atoms with Gasteiger partial charge in [0.25, 0.3) is 0 Å². The SMILES string of the molecule is Cc1cc(SC(C)C(=O)Nc2ccc(O)cc2)nc2ccccc12. The monoisotopic (exact) mass is 338 g/mol. The quantitative estimate of drug-likeness (QED) is 0.548. The Hall–Kier alpha value is -2.53. The number of rotatable bonds is 4. The van der Waals surface area contributed by atoms with Gasteiger partial charge in [-0.25, -0.2) is 4.98 Å². The van der Waals surface area contributed by atoms with Gasteiger partial charge in [0.05, 0.1) is 15.8 Å². The average molecular weight is 338 g/mol. The molecule has 1 heterocycles. The summed E-state index contributed by atoms with van der Waals surface area (Å²) in [5.74, 6) is 0.0737. The molecule has 0 bridgehead atoms. The van der Waals surface area contributed by atoms with E-state index in [9.17, 15) is 9.90 Å². The van der Waals surface area contributed by atoms with Crippen LogP contribution in [-0.2, 0) is 4.79 Å². The van der Waals surface area contributed by atoms with Gasteiger partial charge in [0.1, 0.15) is 5.75 Å². The zero-order valence-electron chi connectivity index (χ0n) is 13.5. The Kier molecular flexibility index (Phi) is 4.71. The second-order valence-electron chi connectivity index (χ2n) is 5.59. The van der Waals surface area contributed by atoms with E-state index in [2.05, 4.69) is 17.2 Å². The molecule has 1 atom stereocenters. The number of phenolic OH excluding ortho intramolecular Hbond substituents is 1. The number of hydrogen-bond acceptors (Lipinski definition) is 4. The minimum Gasteiger partial charge on any atom is -0.508 e. The van der Waals surface area contributed by atoms with Gasteiger partial charge in [0, 0.05) is 11.1 Å². The first kappa shape index (κ1) is 16.3. The normalized spacial score (nSPS) is 12.1. The first-order valence-corrected chi connectivity index (χ1v) is 8.54. The van der Waals surface area contributed by atoms with Crippen molar-refractivity contribution in [1.29, 1.82) is 0 Å². The van der Waals surface area contributed by atoms with Crippen LogP contribution in [0.25, 0.3) is 10.9 Å². The standard InChI is InChI=1S/C19H18N2O2S/c1-12-11-18(21-17-6-4-3-5-16(12)17)24-13(2)19(23)20-14-7-9-15(22)10-8-14/h3-11,13,22H,1-2H3,(H,20,23). The molecule has 122 valence electrons. The van der Waals surface area contributed by atoms with Gasteiger partial charge in [-0.2, -0.15) is 0 Å². The predicted molar refractivity (Wildman–Crippen MR) is 98.5 cm³/mol. The second-order valence-corrected chi connectivity index (χ2v) is 6.95. The molecule has 3 aromatic rings. The van der Waals surface area contributed by atoms with Crippen LogP contribution >= 0.6 is 11.8 Å². The summed E-state index contributed by atoms with van der Waals surface area (Å²) in [5, 5.41) is 13.8. The number of benzene rings is 2. The highest BCUT2D eigenvalue weighted by molar-refractivity contribution is 8.00. The van der Waals surface area contributed by atoms with E-state index in [1.54, 1.807) is 24.3 Å².